The average Bonchev–Trinajstić information content (AvgIpc) is 4.28. The number of rotatable bonds is 4. The fourth-order valence-electron chi connectivity index (χ4n) is 11.6. The second-order valence-electron chi connectivity index (χ2n) is 19.0. The zero-order valence-corrected chi connectivity index (χ0v) is 39.5. The van der Waals surface area contributed by atoms with Gasteiger partial charge in [-0.1, -0.05) is 97.1 Å². The van der Waals surface area contributed by atoms with Crippen molar-refractivity contribution >= 4 is 87.2 Å². The van der Waals surface area contributed by atoms with Crippen LogP contribution in [0.2, 0.25) is 0 Å². The van der Waals surface area contributed by atoms with E-state index in [1.54, 1.807) is 86.6 Å². The van der Waals surface area contributed by atoms with Crippen molar-refractivity contribution in [2.45, 2.75) is 38.6 Å². The van der Waals surface area contributed by atoms with Crippen LogP contribution in [0.25, 0.3) is 110 Å². The highest BCUT2D eigenvalue weighted by molar-refractivity contribution is 6.15. The molecule has 16 heteroatoms. The van der Waals surface area contributed by atoms with Crippen molar-refractivity contribution in [1.82, 2.24) is 18.3 Å². The normalized spacial score (nSPS) is 13.1. The Kier molecular flexibility index (Phi) is 9.87. The van der Waals surface area contributed by atoms with Gasteiger partial charge in [0.1, 0.15) is 0 Å². The lowest BCUT2D eigenvalue weighted by Crippen LogP contribution is -2.16. The molecule has 0 aliphatic carbocycles. The number of nitrogens with zero attached hydrogens (tertiary/aromatic N) is 4. The first kappa shape index (κ1) is 47.1. The van der Waals surface area contributed by atoms with Gasteiger partial charge in [0.05, 0.1) is 89.1 Å². The molecule has 0 aliphatic heterocycles. The van der Waals surface area contributed by atoms with E-state index in [2.05, 4.69) is 0 Å². The first-order valence-electron chi connectivity index (χ1n) is 23.7. The average molecular weight is 1040 g/mol. The molecular weight excluding hydrogens is 1000 g/mol. The lowest BCUT2D eigenvalue weighted by Gasteiger charge is -2.29. The molecule has 4 nitrogen and oxygen atoms in total. The smallest absolute Gasteiger partial charge is 0.309 e. The maximum absolute atomic E-state index is 15.1. The van der Waals surface area contributed by atoms with Crippen LogP contribution in [0.5, 0.6) is 0 Å². The Balaban J connectivity index is 1.37. The number of aromatic nitrogens is 4. The van der Waals surface area contributed by atoms with Gasteiger partial charge in [-0.05, 0) is 97.8 Å². The van der Waals surface area contributed by atoms with Gasteiger partial charge in [-0.15, -0.1) is 0 Å². The highest BCUT2D eigenvalue weighted by Crippen LogP contribution is 2.50. The van der Waals surface area contributed by atoms with Gasteiger partial charge in [-0.2, -0.15) is 52.7 Å². The summed E-state index contributed by atoms with van der Waals surface area (Å²) in [5.74, 6) is 0. The predicted molar refractivity (Wildman–Crippen MR) is 273 cm³/mol. The Bertz CT molecular complexity index is 4220. The van der Waals surface area contributed by atoms with Crippen LogP contribution < -0.4 is 0 Å². The minimum Gasteiger partial charge on any atom is -0.309 e. The number of hydrogen-bond donors (Lipinski definition) is 0. The highest BCUT2D eigenvalue weighted by Gasteiger charge is 2.38. The molecule has 0 atom stereocenters. The molecule has 0 radical (unpaired) electrons. The van der Waals surface area contributed by atoms with Crippen LogP contribution >= 0.6 is 0 Å². The molecule has 13 aromatic rings. The third kappa shape index (κ3) is 6.81. The van der Waals surface area contributed by atoms with Crippen LogP contribution in [0.15, 0.2) is 170 Å². The molecular formula is C60H34F12N4. The van der Waals surface area contributed by atoms with Gasteiger partial charge < -0.3 is 18.3 Å². The molecule has 13 rings (SSSR count). The van der Waals surface area contributed by atoms with Gasteiger partial charge >= 0.3 is 24.7 Å². The molecule has 0 bridgehead atoms. The Morgan fingerprint density at radius 1 is 0.237 bits per heavy atom. The fraction of sp³-hybridized carbons (Fsp3) is 0.100. The van der Waals surface area contributed by atoms with Crippen molar-refractivity contribution in [3.05, 3.63) is 203 Å². The largest absolute Gasteiger partial charge is 0.416 e. The van der Waals surface area contributed by atoms with Crippen molar-refractivity contribution in [2.75, 3.05) is 0 Å². The molecule has 0 aliphatic rings. The first-order chi connectivity index (χ1) is 36.1. The molecule has 4 heterocycles. The van der Waals surface area contributed by atoms with E-state index in [0.717, 1.165) is 48.5 Å². The lowest BCUT2D eigenvalue weighted by molar-refractivity contribution is -0.138. The van der Waals surface area contributed by atoms with E-state index >= 15 is 26.3 Å². The molecule has 0 N–H and O–H groups in total. The van der Waals surface area contributed by atoms with Crippen molar-refractivity contribution in [2.24, 2.45) is 0 Å². The Morgan fingerprint density at radius 2 is 0.447 bits per heavy atom. The van der Waals surface area contributed by atoms with Gasteiger partial charge in [-0.3, -0.25) is 0 Å². The van der Waals surface area contributed by atoms with Gasteiger partial charge in [0.2, 0.25) is 0 Å². The van der Waals surface area contributed by atoms with Crippen molar-refractivity contribution < 1.29 is 52.7 Å². The number of benzene rings is 9. The molecule has 76 heavy (non-hydrogen) atoms. The quantitative estimate of drug-likeness (QED) is 0.157. The van der Waals surface area contributed by atoms with Gasteiger partial charge in [0.25, 0.3) is 0 Å². The highest BCUT2D eigenvalue weighted by atomic mass is 19.4. The summed E-state index contributed by atoms with van der Waals surface area (Å²) in [6, 6.07) is 40.6. The maximum Gasteiger partial charge on any atom is 0.416 e. The summed E-state index contributed by atoms with van der Waals surface area (Å²) in [6.45, 7) is 3.24. The zero-order chi connectivity index (χ0) is 53.1. The Morgan fingerprint density at radius 3 is 0.697 bits per heavy atom. The molecule has 378 valence electrons. The number of halogens is 12. The van der Waals surface area contributed by atoms with Crippen LogP contribution in [-0.4, -0.2) is 18.3 Å². The van der Waals surface area contributed by atoms with E-state index in [1.807, 2.05) is 33.4 Å². The summed E-state index contributed by atoms with van der Waals surface area (Å²) >= 11 is 0. The van der Waals surface area contributed by atoms with E-state index in [4.69, 9.17) is 0 Å². The van der Waals surface area contributed by atoms with E-state index in [9.17, 15) is 26.3 Å². The summed E-state index contributed by atoms with van der Waals surface area (Å²) in [5.41, 5.74) is -1.98. The summed E-state index contributed by atoms with van der Waals surface area (Å²) in [4.78, 5) is 0. The van der Waals surface area contributed by atoms with Crippen LogP contribution in [0.4, 0.5) is 52.7 Å². The molecule has 0 spiro atoms. The summed E-state index contributed by atoms with van der Waals surface area (Å²) < 4.78 is 187. The van der Waals surface area contributed by atoms with E-state index in [1.165, 1.54) is 33.4 Å². The molecule has 4 aromatic heterocycles. The third-order valence-electron chi connectivity index (χ3n) is 14.8. The summed E-state index contributed by atoms with van der Waals surface area (Å²) in [6.07, 6.45) is -19.7. The van der Waals surface area contributed by atoms with Gasteiger partial charge in [0.15, 0.2) is 0 Å². The lowest BCUT2D eigenvalue weighted by atomic mass is 9.99. The summed E-state index contributed by atoms with van der Waals surface area (Å²) in [5, 5.41) is 3.44. The topological polar surface area (TPSA) is 19.7 Å². The Labute approximate surface area is 421 Å². The summed E-state index contributed by atoms with van der Waals surface area (Å²) in [7, 11) is 0. The van der Waals surface area contributed by atoms with Gasteiger partial charge in [-0.25, -0.2) is 0 Å². The minimum atomic E-state index is -4.94. The first-order valence-corrected chi connectivity index (χ1v) is 23.7. The molecule has 9 aromatic carbocycles. The van der Waals surface area contributed by atoms with E-state index in [-0.39, 0.29) is 77.5 Å². The van der Waals surface area contributed by atoms with Crippen molar-refractivity contribution in [1.29, 1.82) is 0 Å². The monoisotopic (exact) mass is 1040 g/mol. The van der Waals surface area contributed by atoms with Crippen LogP contribution in [-0.2, 0) is 24.7 Å². The molecule has 0 amide bonds. The molecule has 0 fully saturated rings. The van der Waals surface area contributed by atoms with E-state index < -0.39 is 47.0 Å². The Hall–Kier alpha value is -8.66. The number of hydrogen-bond acceptors (Lipinski definition) is 0. The van der Waals surface area contributed by atoms with Crippen LogP contribution in [0.1, 0.15) is 33.4 Å². The zero-order valence-electron chi connectivity index (χ0n) is 39.5. The minimum absolute atomic E-state index is 0.0585. The molecule has 0 saturated heterocycles. The molecule has 0 saturated carbocycles. The second kappa shape index (κ2) is 15.9. The van der Waals surface area contributed by atoms with Crippen molar-refractivity contribution in [3.8, 4) is 22.7 Å². The van der Waals surface area contributed by atoms with Crippen molar-refractivity contribution in [3.63, 3.8) is 0 Å². The SMILES string of the molecule is Cc1c(-n2c3cc(C(F)(F)F)ccc3c3ccc(C(F)(F)F)cc32)c(C)c(-n2c3ccccc3c3ccccc32)c(-n2c3cc(C(F)(F)F)ccc3c3ccc(C(F)(F)F)cc32)c1-n1c2ccccc2c2ccccc21. The number of para-hydroxylation sites is 4. The standard InChI is InChI=1S/C60H34F12N4/c1-31-53(75-49-27-33(57(61,62)63)19-23-41(49)42-24-20-34(28-50(42)75)58(64,65)66)32(2)55(74-47-17-9-5-13-39(47)40-14-6-10-18-48(40)74)56(54(31)73-45-15-7-3-11-37(45)38-12-4-8-16-46(38)73)76-51-29-35(59(67,68)69)21-25-43(51)44-26-22-36(30-52(44)76)60(70,71)72/h3-30H,1-2H3. The van der Waals surface area contributed by atoms with Gasteiger partial charge in [0, 0.05) is 43.1 Å². The second-order valence-corrected chi connectivity index (χ2v) is 19.0. The van der Waals surface area contributed by atoms with Crippen LogP contribution in [0, 0.1) is 13.8 Å². The predicted octanol–water partition coefficient (Wildman–Crippen LogP) is 18.8. The maximum atomic E-state index is 15.1. The fourth-order valence-corrected chi connectivity index (χ4v) is 11.6. The number of fused-ring (bicyclic) bond motifs is 12. The number of alkyl halides is 12. The van der Waals surface area contributed by atoms with E-state index in [0.29, 0.717) is 43.6 Å². The van der Waals surface area contributed by atoms with Crippen LogP contribution in [0.3, 0.4) is 0 Å². The third-order valence-corrected chi connectivity index (χ3v) is 14.8. The molecule has 0 unspecified atom stereocenters.